The lowest BCUT2D eigenvalue weighted by molar-refractivity contribution is 0.102. The molecule has 0 saturated carbocycles. The first kappa shape index (κ1) is 18.2. The van der Waals surface area contributed by atoms with Gasteiger partial charge in [0.05, 0.1) is 5.75 Å². The minimum atomic E-state index is -0.363. The molecule has 1 amide bonds. The molecule has 25 heavy (non-hydrogen) atoms. The molecule has 3 rings (SSSR count). The molecule has 0 saturated heterocycles. The number of carbonyl (C=O) groups excluding carboxylic acids is 1. The van der Waals surface area contributed by atoms with Crippen molar-refractivity contribution in [1.82, 2.24) is 20.4 Å². The van der Waals surface area contributed by atoms with Crippen molar-refractivity contribution in [2.24, 2.45) is 0 Å². The van der Waals surface area contributed by atoms with E-state index in [1.807, 2.05) is 0 Å². The third-order valence-electron chi connectivity index (χ3n) is 2.74. The summed E-state index contributed by atoms with van der Waals surface area (Å²) in [5.41, 5.74) is 0.507. The normalized spacial score (nSPS) is 10.8. The number of thioether (sulfide) groups is 2. The Hall–Kier alpha value is -1.56. The van der Waals surface area contributed by atoms with Crippen LogP contribution in [0.4, 0.5) is 10.1 Å². The van der Waals surface area contributed by atoms with Crippen molar-refractivity contribution in [3.8, 4) is 0 Å². The number of rotatable bonds is 7. The van der Waals surface area contributed by atoms with Crippen molar-refractivity contribution in [3.63, 3.8) is 0 Å². The predicted molar refractivity (Wildman–Crippen MR) is 100 cm³/mol. The summed E-state index contributed by atoms with van der Waals surface area (Å²) < 4.78 is 14.7. The van der Waals surface area contributed by atoms with Gasteiger partial charge in [0.25, 0.3) is 5.91 Å². The molecule has 3 aromatic rings. The molecular weight excluding hydrogens is 401 g/mol. The number of benzene rings is 1. The van der Waals surface area contributed by atoms with Gasteiger partial charge in [-0.25, -0.2) is 4.39 Å². The average molecular weight is 414 g/mol. The summed E-state index contributed by atoms with van der Waals surface area (Å²) in [6, 6.07) is 5.55. The second kappa shape index (κ2) is 8.70. The molecule has 0 unspecified atom stereocenters. The van der Waals surface area contributed by atoms with Crippen molar-refractivity contribution < 1.29 is 9.18 Å². The third-order valence-corrected chi connectivity index (χ3v) is 6.93. The molecule has 0 radical (unpaired) electrons. The second-order valence-corrected chi connectivity index (χ2v) is 9.29. The Labute approximate surface area is 159 Å². The lowest BCUT2D eigenvalue weighted by Gasteiger charge is -2.01. The van der Waals surface area contributed by atoms with Gasteiger partial charge in [0, 0.05) is 5.69 Å². The summed E-state index contributed by atoms with van der Waals surface area (Å²) in [6.45, 7) is 2.07. The summed E-state index contributed by atoms with van der Waals surface area (Å²) in [6.07, 6.45) is 0. The molecule has 0 bridgehead atoms. The molecule has 0 atom stereocenters. The number of nitrogens with one attached hydrogen (secondary N) is 1. The first-order valence-corrected chi connectivity index (χ1v) is 10.7. The van der Waals surface area contributed by atoms with E-state index < -0.39 is 0 Å². The van der Waals surface area contributed by atoms with Crippen LogP contribution in [0, 0.1) is 5.82 Å². The highest BCUT2D eigenvalue weighted by Crippen LogP contribution is 2.31. The fourth-order valence-corrected chi connectivity index (χ4v) is 5.32. The Morgan fingerprint density at radius 3 is 2.52 bits per heavy atom. The molecular formula is C14H12FN5OS4. The van der Waals surface area contributed by atoms with E-state index in [1.54, 1.807) is 23.1 Å². The highest BCUT2D eigenvalue weighted by molar-refractivity contribution is 8.02. The fraction of sp³-hybridized carbons (Fsp3) is 0.214. The summed E-state index contributed by atoms with van der Waals surface area (Å²) >= 11 is 5.94. The van der Waals surface area contributed by atoms with Crippen LogP contribution in [0.15, 0.2) is 32.9 Å². The number of hydrogen-bond donors (Lipinski definition) is 1. The highest BCUT2D eigenvalue weighted by Gasteiger charge is 2.14. The van der Waals surface area contributed by atoms with Crippen LogP contribution >= 0.6 is 46.2 Å². The standard InChI is InChI=1S/C14H12FN5OS4/c1-2-22-13-19-20-14(25-13)23-7-10-17-18-12(24-10)11(21)16-9-5-3-8(15)4-6-9/h3-6H,2,7H2,1H3,(H,16,21). The van der Waals surface area contributed by atoms with E-state index in [-0.39, 0.29) is 16.7 Å². The van der Waals surface area contributed by atoms with Crippen LogP contribution in [0.1, 0.15) is 21.7 Å². The van der Waals surface area contributed by atoms with Crippen LogP contribution in [0.2, 0.25) is 0 Å². The number of aromatic nitrogens is 4. The third kappa shape index (κ3) is 5.21. The van der Waals surface area contributed by atoms with E-state index in [1.165, 1.54) is 47.4 Å². The van der Waals surface area contributed by atoms with E-state index >= 15 is 0 Å². The molecule has 1 N–H and O–H groups in total. The Balaban J connectivity index is 1.55. The van der Waals surface area contributed by atoms with Gasteiger partial charge in [0.2, 0.25) is 5.01 Å². The van der Waals surface area contributed by atoms with E-state index in [0.717, 1.165) is 19.4 Å². The molecule has 2 heterocycles. The maximum atomic E-state index is 12.9. The number of hydrogen-bond acceptors (Lipinski definition) is 9. The van der Waals surface area contributed by atoms with Gasteiger partial charge in [-0.2, -0.15) is 0 Å². The van der Waals surface area contributed by atoms with Crippen molar-refractivity contribution in [2.75, 3.05) is 11.1 Å². The lowest BCUT2D eigenvalue weighted by atomic mass is 10.3. The monoisotopic (exact) mass is 413 g/mol. The zero-order chi connectivity index (χ0) is 17.6. The zero-order valence-corrected chi connectivity index (χ0v) is 16.2. The van der Waals surface area contributed by atoms with Crippen LogP contribution in [0.25, 0.3) is 0 Å². The van der Waals surface area contributed by atoms with E-state index in [0.29, 0.717) is 11.4 Å². The molecule has 11 heteroatoms. The molecule has 0 aliphatic heterocycles. The number of halogens is 1. The van der Waals surface area contributed by atoms with Crippen molar-refractivity contribution in [2.45, 2.75) is 21.4 Å². The summed E-state index contributed by atoms with van der Waals surface area (Å²) in [7, 11) is 0. The number of carbonyl (C=O) groups is 1. The summed E-state index contributed by atoms with van der Waals surface area (Å²) in [5.74, 6) is 0.818. The summed E-state index contributed by atoms with van der Waals surface area (Å²) in [4.78, 5) is 12.1. The molecule has 0 aliphatic carbocycles. The molecule has 2 aromatic heterocycles. The van der Waals surface area contributed by atoms with Gasteiger partial charge in [-0.05, 0) is 30.0 Å². The average Bonchev–Trinajstić information content (AvgIpc) is 3.25. The van der Waals surface area contributed by atoms with Gasteiger partial charge < -0.3 is 5.32 Å². The fourth-order valence-electron chi connectivity index (χ4n) is 1.68. The van der Waals surface area contributed by atoms with Gasteiger partial charge in [0.1, 0.15) is 10.8 Å². The molecule has 1 aromatic carbocycles. The van der Waals surface area contributed by atoms with Gasteiger partial charge in [-0.3, -0.25) is 4.79 Å². The SMILES string of the molecule is CCSc1nnc(SCc2nnc(C(=O)Nc3ccc(F)cc3)s2)s1. The van der Waals surface area contributed by atoms with Crippen molar-refractivity contribution >= 4 is 57.8 Å². The van der Waals surface area contributed by atoms with Gasteiger partial charge in [-0.15, -0.1) is 20.4 Å². The van der Waals surface area contributed by atoms with Crippen molar-refractivity contribution in [1.29, 1.82) is 0 Å². The van der Waals surface area contributed by atoms with Crippen molar-refractivity contribution in [3.05, 3.63) is 40.1 Å². The van der Waals surface area contributed by atoms with E-state index in [2.05, 4.69) is 32.6 Å². The van der Waals surface area contributed by atoms with Crippen LogP contribution in [-0.2, 0) is 5.75 Å². The van der Waals surface area contributed by atoms with E-state index in [9.17, 15) is 9.18 Å². The highest BCUT2D eigenvalue weighted by atomic mass is 32.2. The molecule has 0 spiro atoms. The molecule has 6 nitrogen and oxygen atoms in total. The first-order valence-electron chi connectivity index (χ1n) is 7.12. The minimum Gasteiger partial charge on any atom is -0.320 e. The number of nitrogens with zero attached hydrogens (tertiary/aromatic N) is 4. The van der Waals surface area contributed by atoms with Gasteiger partial charge in [0.15, 0.2) is 8.68 Å². The summed E-state index contributed by atoms with van der Waals surface area (Å²) in [5, 5.41) is 19.8. The molecule has 0 aliphatic rings. The van der Waals surface area contributed by atoms with Crippen LogP contribution < -0.4 is 5.32 Å². The number of amides is 1. The zero-order valence-electron chi connectivity index (χ0n) is 12.9. The largest absolute Gasteiger partial charge is 0.320 e. The Kier molecular flexibility index (Phi) is 6.34. The molecule has 130 valence electrons. The second-order valence-electron chi connectivity index (χ2n) is 4.52. The Morgan fingerprint density at radius 1 is 1.08 bits per heavy atom. The number of anilines is 1. The topological polar surface area (TPSA) is 80.7 Å². The van der Waals surface area contributed by atoms with Crippen LogP contribution in [0.3, 0.4) is 0 Å². The van der Waals surface area contributed by atoms with Gasteiger partial charge >= 0.3 is 0 Å². The maximum Gasteiger partial charge on any atom is 0.286 e. The molecule has 0 fully saturated rings. The van der Waals surface area contributed by atoms with Crippen LogP contribution in [-0.4, -0.2) is 32.1 Å². The van der Waals surface area contributed by atoms with E-state index in [4.69, 9.17) is 0 Å². The van der Waals surface area contributed by atoms with Gasteiger partial charge in [-0.1, -0.05) is 53.1 Å². The lowest BCUT2D eigenvalue weighted by Crippen LogP contribution is -2.11. The Morgan fingerprint density at radius 2 is 1.80 bits per heavy atom. The first-order chi connectivity index (χ1) is 12.1. The maximum absolute atomic E-state index is 12.9. The smallest absolute Gasteiger partial charge is 0.286 e. The van der Waals surface area contributed by atoms with Crippen LogP contribution in [0.5, 0.6) is 0 Å². The predicted octanol–water partition coefficient (Wildman–Crippen LogP) is 4.19. The quantitative estimate of drug-likeness (QED) is 0.582. The Bertz CT molecular complexity index is 851. The minimum absolute atomic E-state index is 0.263.